The first kappa shape index (κ1) is 22.3. The molecule has 162 valence electrons. The predicted molar refractivity (Wildman–Crippen MR) is 131 cm³/mol. The molecule has 2 aromatic carbocycles. The van der Waals surface area contributed by atoms with Gasteiger partial charge in [0.05, 0.1) is 15.5 Å². The topological polar surface area (TPSA) is 79.3 Å². The lowest BCUT2D eigenvalue weighted by Gasteiger charge is -2.12. The molecule has 2 heterocycles. The van der Waals surface area contributed by atoms with E-state index in [9.17, 15) is 13.5 Å². The van der Waals surface area contributed by atoms with Crippen LogP contribution in [-0.2, 0) is 10.0 Å². The van der Waals surface area contributed by atoms with Crippen molar-refractivity contribution in [2.45, 2.75) is 18.7 Å². The highest BCUT2D eigenvalue weighted by Gasteiger charge is 2.22. The Bertz CT molecular complexity index is 1500. The molecular formula is C24H19ClN2O3S2. The molecule has 0 unspecified atom stereocenters. The van der Waals surface area contributed by atoms with E-state index in [1.807, 2.05) is 38.1 Å². The first-order valence-electron chi connectivity index (χ1n) is 9.68. The van der Waals surface area contributed by atoms with E-state index in [4.69, 9.17) is 11.6 Å². The third-order valence-corrected chi connectivity index (χ3v) is 7.33. The van der Waals surface area contributed by atoms with Gasteiger partial charge in [0.15, 0.2) is 0 Å². The minimum absolute atomic E-state index is 0.0697. The highest BCUT2D eigenvalue weighted by molar-refractivity contribution is 7.92. The number of nitrogens with one attached hydrogen (secondary N) is 1. The Kier molecular flexibility index (Phi) is 6.22. The van der Waals surface area contributed by atoms with Gasteiger partial charge >= 0.3 is 0 Å². The van der Waals surface area contributed by atoms with Gasteiger partial charge in [-0.3, -0.25) is 4.72 Å². The maximum absolute atomic E-state index is 13.1. The second kappa shape index (κ2) is 8.93. The van der Waals surface area contributed by atoms with E-state index in [1.165, 1.54) is 23.5 Å². The maximum Gasteiger partial charge on any atom is 0.261 e. The number of nitrogens with zero attached hydrogens (tertiary/aromatic N) is 1. The molecule has 0 radical (unpaired) electrons. The summed E-state index contributed by atoms with van der Waals surface area (Å²) in [7, 11) is -3.89. The van der Waals surface area contributed by atoms with Gasteiger partial charge in [0, 0.05) is 21.7 Å². The highest BCUT2D eigenvalue weighted by Crippen LogP contribution is 2.42. The third-order valence-electron chi connectivity index (χ3n) is 4.73. The maximum atomic E-state index is 13.1. The molecule has 32 heavy (non-hydrogen) atoms. The number of hydrogen-bond acceptors (Lipinski definition) is 5. The molecule has 5 nitrogen and oxygen atoms in total. The summed E-state index contributed by atoms with van der Waals surface area (Å²) in [5.41, 5.74) is 3.82. The molecule has 0 saturated heterocycles. The van der Waals surface area contributed by atoms with Crippen LogP contribution in [-0.4, -0.2) is 25.1 Å². The van der Waals surface area contributed by atoms with Crippen molar-refractivity contribution in [3.8, 4) is 23.0 Å². The van der Waals surface area contributed by atoms with E-state index >= 15 is 0 Å². The highest BCUT2D eigenvalue weighted by atomic mass is 35.5. The van der Waals surface area contributed by atoms with Crippen LogP contribution in [0, 0.1) is 25.7 Å². The average Bonchev–Trinajstić information content (AvgIpc) is 3.10. The number of pyridine rings is 1. The van der Waals surface area contributed by atoms with E-state index in [2.05, 4.69) is 21.5 Å². The summed E-state index contributed by atoms with van der Waals surface area (Å²) >= 11 is 7.38. The Morgan fingerprint density at radius 3 is 2.62 bits per heavy atom. The van der Waals surface area contributed by atoms with Crippen LogP contribution in [0.2, 0.25) is 5.02 Å². The summed E-state index contributed by atoms with van der Waals surface area (Å²) in [6, 6.07) is 15.7. The van der Waals surface area contributed by atoms with Crippen LogP contribution in [0.25, 0.3) is 21.3 Å². The SMILES string of the molecule is Cc1cccc(-c2c(C#CCO)sc3nc(C)cc(NS(=O)(=O)c4cccc(Cl)c4)c23)c1. The molecule has 0 bridgehead atoms. The number of aliphatic hydroxyl groups is 1. The number of fused-ring (bicyclic) bond motifs is 1. The van der Waals surface area contributed by atoms with Gasteiger partial charge in [0.25, 0.3) is 10.0 Å². The Labute approximate surface area is 195 Å². The van der Waals surface area contributed by atoms with Gasteiger partial charge in [-0.2, -0.15) is 0 Å². The molecule has 2 N–H and O–H groups in total. The largest absolute Gasteiger partial charge is 0.384 e. The van der Waals surface area contributed by atoms with Crippen molar-refractivity contribution in [1.82, 2.24) is 4.98 Å². The molecule has 2 aromatic heterocycles. The molecule has 4 rings (SSSR count). The number of rotatable bonds is 4. The van der Waals surface area contributed by atoms with Gasteiger partial charge in [0.2, 0.25) is 0 Å². The van der Waals surface area contributed by atoms with Crippen LogP contribution in [0.1, 0.15) is 16.1 Å². The first-order valence-corrected chi connectivity index (χ1v) is 12.4. The summed E-state index contributed by atoms with van der Waals surface area (Å²) < 4.78 is 29.0. The van der Waals surface area contributed by atoms with Crippen LogP contribution in [0.5, 0.6) is 0 Å². The second-order valence-electron chi connectivity index (χ2n) is 7.19. The number of aliphatic hydroxyl groups excluding tert-OH is 1. The van der Waals surface area contributed by atoms with Gasteiger partial charge in [-0.05, 0) is 43.7 Å². The van der Waals surface area contributed by atoms with Crippen LogP contribution in [0.4, 0.5) is 5.69 Å². The number of thiophene rings is 1. The molecule has 0 atom stereocenters. The fraction of sp³-hybridized carbons (Fsp3) is 0.125. The average molecular weight is 483 g/mol. The Morgan fingerprint density at radius 1 is 1.12 bits per heavy atom. The zero-order valence-corrected chi connectivity index (χ0v) is 19.7. The second-order valence-corrected chi connectivity index (χ2v) is 10.3. The molecule has 0 aliphatic heterocycles. The Hall–Kier alpha value is -2.89. The minimum Gasteiger partial charge on any atom is -0.384 e. The number of aromatic nitrogens is 1. The molecule has 0 aliphatic rings. The number of sulfonamides is 1. The smallest absolute Gasteiger partial charge is 0.261 e. The van der Waals surface area contributed by atoms with E-state index < -0.39 is 10.0 Å². The summed E-state index contributed by atoms with van der Waals surface area (Å²) in [4.78, 5) is 6.06. The van der Waals surface area contributed by atoms with Crippen LogP contribution in [0.15, 0.2) is 59.5 Å². The Morgan fingerprint density at radius 2 is 1.91 bits per heavy atom. The number of benzene rings is 2. The summed E-state index contributed by atoms with van der Waals surface area (Å²) in [5, 5.41) is 10.2. The van der Waals surface area contributed by atoms with Crippen molar-refractivity contribution in [2.24, 2.45) is 0 Å². The van der Waals surface area contributed by atoms with E-state index in [0.717, 1.165) is 16.7 Å². The summed E-state index contributed by atoms with van der Waals surface area (Å²) in [6.07, 6.45) is 0. The third kappa shape index (κ3) is 4.50. The fourth-order valence-electron chi connectivity index (χ4n) is 3.42. The van der Waals surface area contributed by atoms with Gasteiger partial charge < -0.3 is 5.11 Å². The number of hydrogen-bond donors (Lipinski definition) is 2. The lowest BCUT2D eigenvalue weighted by molar-refractivity contribution is 0.350. The summed E-state index contributed by atoms with van der Waals surface area (Å²) in [5.74, 6) is 5.70. The molecule has 0 saturated carbocycles. The van der Waals surface area contributed by atoms with E-state index in [0.29, 0.717) is 31.5 Å². The fourth-order valence-corrected chi connectivity index (χ4v) is 5.93. The molecule has 0 fully saturated rings. The van der Waals surface area contributed by atoms with Crippen molar-refractivity contribution in [3.05, 3.63) is 75.8 Å². The summed E-state index contributed by atoms with van der Waals surface area (Å²) in [6.45, 7) is 3.52. The molecule has 4 aromatic rings. The van der Waals surface area contributed by atoms with Gasteiger partial charge in [-0.15, -0.1) is 11.3 Å². The van der Waals surface area contributed by atoms with Crippen molar-refractivity contribution >= 4 is 48.9 Å². The van der Waals surface area contributed by atoms with Crippen LogP contribution < -0.4 is 4.72 Å². The molecule has 0 amide bonds. The van der Waals surface area contributed by atoms with Crippen molar-refractivity contribution in [2.75, 3.05) is 11.3 Å². The zero-order chi connectivity index (χ0) is 22.9. The van der Waals surface area contributed by atoms with Gasteiger partial charge in [-0.25, -0.2) is 13.4 Å². The van der Waals surface area contributed by atoms with Crippen LogP contribution in [0.3, 0.4) is 0 Å². The Balaban J connectivity index is 1.98. The first-order chi connectivity index (χ1) is 15.3. The molecule has 0 spiro atoms. The van der Waals surface area contributed by atoms with E-state index in [1.54, 1.807) is 18.2 Å². The van der Waals surface area contributed by atoms with E-state index in [-0.39, 0.29) is 11.5 Å². The van der Waals surface area contributed by atoms with Gasteiger partial charge in [-0.1, -0.05) is 59.3 Å². The molecule has 8 heteroatoms. The molecule has 0 aliphatic carbocycles. The standard InChI is InChI=1S/C24H19ClN2O3S2/c1-15-6-3-7-17(12-15)22-21(10-5-11-28)31-24-23(22)20(13-16(2)26-24)27-32(29,30)19-9-4-8-18(25)14-19/h3-4,6-9,12-14,28H,11H2,1-2H3,(H,26,27). The molecular weight excluding hydrogens is 464 g/mol. The van der Waals surface area contributed by atoms with Crippen molar-refractivity contribution in [1.29, 1.82) is 0 Å². The quantitative estimate of drug-likeness (QED) is 0.383. The lowest BCUT2D eigenvalue weighted by Crippen LogP contribution is -2.13. The monoisotopic (exact) mass is 482 g/mol. The number of aryl methyl sites for hydroxylation is 2. The lowest BCUT2D eigenvalue weighted by atomic mass is 10.00. The van der Waals surface area contributed by atoms with Crippen molar-refractivity contribution < 1.29 is 13.5 Å². The number of anilines is 1. The van der Waals surface area contributed by atoms with Crippen molar-refractivity contribution in [3.63, 3.8) is 0 Å². The number of halogens is 1. The van der Waals surface area contributed by atoms with Gasteiger partial charge in [0.1, 0.15) is 11.4 Å². The normalized spacial score (nSPS) is 11.2. The zero-order valence-electron chi connectivity index (χ0n) is 17.3. The minimum atomic E-state index is -3.89. The van der Waals surface area contributed by atoms with Crippen LogP contribution >= 0.6 is 22.9 Å². The predicted octanol–water partition coefficient (Wildman–Crippen LogP) is 5.38.